The van der Waals surface area contributed by atoms with E-state index in [-0.39, 0.29) is 5.75 Å². The fourth-order valence-electron chi connectivity index (χ4n) is 1.02. The molecule has 15 heavy (non-hydrogen) atoms. The highest BCUT2D eigenvalue weighted by Crippen LogP contribution is 2.20. The van der Waals surface area contributed by atoms with Crippen molar-refractivity contribution in [2.24, 2.45) is 0 Å². The van der Waals surface area contributed by atoms with Crippen molar-refractivity contribution in [1.82, 2.24) is 10.2 Å². The van der Waals surface area contributed by atoms with Gasteiger partial charge < -0.3 is 15.6 Å². The minimum atomic E-state index is 0.235. The van der Waals surface area contributed by atoms with Gasteiger partial charge in [0.1, 0.15) is 12.4 Å². The predicted octanol–water partition coefficient (Wildman–Crippen LogP) is 1.40. The molecule has 1 aromatic carbocycles. The van der Waals surface area contributed by atoms with Gasteiger partial charge >= 0.3 is 0 Å². The van der Waals surface area contributed by atoms with Crippen molar-refractivity contribution in [2.45, 2.75) is 6.61 Å². The van der Waals surface area contributed by atoms with Crippen LogP contribution in [0.1, 0.15) is 5.56 Å². The van der Waals surface area contributed by atoms with Crippen LogP contribution in [-0.2, 0) is 6.61 Å². The van der Waals surface area contributed by atoms with E-state index in [9.17, 15) is 0 Å². The van der Waals surface area contributed by atoms with Crippen molar-refractivity contribution >= 4 is 16.5 Å². The van der Waals surface area contributed by atoms with Gasteiger partial charge in [0.25, 0.3) is 5.19 Å². The quantitative estimate of drug-likeness (QED) is 0.822. The number of hydrogen-bond acceptors (Lipinski definition) is 6. The zero-order chi connectivity index (χ0) is 10.7. The number of anilines is 1. The molecule has 1 heterocycles. The van der Waals surface area contributed by atoms with E-state index < -0.39 is 0 Å². The summed E-state index contributed by atoms with van der Waals surface area (Å²) in [5.74, 6) is 0.235. The van der Waals surface area contributed by atoms with E-state index in [0.717, 1.165) is 5.56 Å². The lowest BCUT2D eigenvalue weighted by molar-refractivity contribution is 0.301. The normalized spacial score (nSPS) is 10.1. The molecule has 0 atom stereocenters. The number of nitrogens with zero attached hydrogens (tertiary/aromatic N) is 2. The Labute approximate surface area is 90.1 Å². The second-order valence-electron chi connectivity index (χ2n) is 2.86. The standard InChI is InChI=1S/C9H9N3O2S/c10-8-11-12-9(15-8)14-5-6-1-3-7(13)4-2-6/h1-4,13H,5H2,(H2,10,11). The Hall–Kier alpha value is -1.82. The van der Waals surface area contributed by atoms with Gasteiger partial charge in [0.15, 0.2) is 0 Å². The first-order valence-corrected chi connectivity index (χ1v) is 5.05. The van der Waals surface area contributed by atoms with Crippen molar-refractivity contribution in [3.63, 3.8) is 0 Å². The fourth-order valence-corrected chi connectivity index (χ4v) is 1.48. The van der Waals surface area contributed by atoms with Gasteiger partial charge in [-0.15, -0.1) is 5.10 Å². The summed E-state index contributed by atoms with van der Waals surface area (Å²) in [5, 5.41) is 17.2. The van der Waals surface area contributed by atoms with Crippen LogP contribution in [0.5, 0.6) is 10.9 Å². The summed E-state index contributed by atoms with van der Waals surface area (Å²) in [5.41, 5.74) is 6.35. The molecule has 0 fully saturated rings. The van der Waals surface area contributed by atoms with E-state index in [1.807, 2.05) is 0 Å². The summed E-state index contributed by atoms with van der Waals surface area (Å²) in [7, 11) is 0. The lowest BCUT2D eigenvalue weighted by atomic mass is 10.2. The third-order valence-electron chi connectivity index (χ3n) is 1.72. The molecule has 2 rings (SSSR count). The number of benzene rings is 1. The Morgan fingerprint density at radius 1 is 1.27 bits per heavy atom. The summed E-state index contributed by atoms with van der Waals surface area (Å²) in [6.45, 7) is 0.384. The van der Waals surface area contributed by atoms with Crippen LogP contribution < -0.4 is 10.5 Å². The molecular weight excluding hydrogens is 214 g/mol. The maximum Gasteiger partial charge on any atom is 0.296 e. The van der Waals surface area contributed by atoms with Crippen LogP contribution in [0.25, 0.3) is 0 Å². The molecule has 0 aliphatic carbocycles. The van der Waals surface area contributed by atoms with Crippen molar-refractivity contribution in [1.29, 1.82) is 0 Å². The minimum absolute atomic E-state index is 0.235. The van der Waals surface area contributed by atoms with E-state index in [0.29, 0.717) is 16.9 Å². The molecule has 0 radical (unpaired) electrons. The Morgan fingerprint density at radius 3 is 2.60 bits per heavy atom. The van der Waals surface area contributed by atoms with Gasteiger partial charge in [-0.3, -0.25) is 0 Å². The van der Waals surface area contributed by atoms with Crippen LogP contribution in [0, 0.1) is 0 Å². The number of ether oxygens (including phenoxy) is 1. The Balaban J connectivity index is 1.96. The minimum Gasteiger partial charge on any atom is -0.508 e. The molecule has 0 amide bonds. The second kappa shape index (κ2) is 4.14. The van der Waals surface area contributed by atoms with Crippen LogP contribution >= 0.6 is 11.3 Å². The van der Waals surface area contributed by atoms with Gasteiger partial charge in [-0.2, -0.15) is 0 Å². The number of aromatic nitrogens is 2. The number of hydrogen-bond donors (Lipinski definition) is 2. The summed E-state index contributed by atoms with van der Waals surface area (Å²) in [6, 6.07) is 6.76. The van der Waals surface area contributed by atoms with E-state index in [1.54, 1.807) is 24.3 Å². The molecule has 2 aromatic rings. The highest BCUT2D eigenvalue weighted by Gasteiger charge is 2.01. The molecule has 0 spiro atoms. The number of phenols is 1. The zero-order valence-electron chi connectivity index (χ0n) is 7.75. The van der Waals surface area contributed by atoms with Crippen LogP contribution in [0.4, 0.5) is 5.13 Å². The first-order valence-electron chi connectivity index (χ1n) is 4.24. The Kier molecular flexibility index (Phi) is 2.68. The number of rotatable bonds is 3. The zero-order valence-corrected chi connectivity index (χ0v) is 8.57. The van der Waals surface area contributed by atoms with Gasteiger partial charge in [-0.05, 0) is 29.0 Å². The average molecular weight is 223 g/mol. The number of phenolic OH excluding ortho intramolecular Hbond substituents is 1. The first-order chi connectivity index (χ1) is 7.24. The van der Waals surface area contributed by atoms with Gasteiger partial charge in [0.2, 0.25) is 5.13 Å². The van der Waals surface area contributed by atoms with Gasteiger partial charge in [0.05, 0.1) is 0 Å². The monoisotopic (exact) mass is 223 g/mol. The summed E-state index contributed by atoms with van der Waals surface area (Å²) in [6.07, 6.45) is 0. The first kappa shape index (κ1) is 9.72. The summed E-state index contributed by atoms with van der Waals surface area (Å²) in [4.78, 5) is 0. The Morgan fingerprint density at radius 2 is 2.00 bits per heavy atom. The number of aromatic hydroxyl groups is 1. The van der Waals surface area contributed by atoms with Crippen molar-refractivity contribution in [2.75, 3.05) is 5.73 Å². The number of nitrogen functional groups attached to an aromatic ring is 1. The van der Waals surface area contributed by atoms with Gasteiger partial charge in [-0.1, -0.05) is 17.2 Å². The van der Waals surface area contributed by atoms with E-state index >= 15 is 0 Å². The maximum atomic E-state index is 9.07. The van der Waals surface area contributed by atoms with Crippen LogP contribution in [-0.4, -0.2) is 15.3 Å². The fraction of sp³-hybridized carbons (Fsp3) is 0.111. The predicted molar refractivity (Wildman–Crippen MR) is 56.8 cm³/mol. The van der Waals surface area contributed by atoms with E-state index in [4.69, 9.17) is 15.6 Å². The van der Waals surface area contributed by atoms with E-state index in [2.05, 4.69) is 10.2 Å². The summed E-state index contributed by atoms with van der Waals surface area (Å²) >= 11 is 1.19. The van der Waals surface area contributed by atoms with Crippen molar-refractivity contribution < 1.29 is 9.84 Å². The second-order valence-corrected chi connectivity index (χ2v) is 3.83. The van der Waals surface area contributed by atoms with Crippen LogP contribution in [0.3, 0.4) is 0 Å². The highest BCUT2D eigenvalue weighted by atomic mass is 32.1. The van der Waals surface area contributed by atoms with Gasteiger partial charge in [-0.25, -0.2) is 0 Å². The van der Waals surface area contributed by atoms with E-state index in [1.165, 1.54) is 11.3 Å². The molecule has 0 aliphatic rings. The maximum absolute atomic E-state index is 9.07. The highest BCUT2D eigenvalue weighted by molar-refractivity contribution is 7.16. The largest absolute Gasteiger partial charge is 0.508 e. The molecule has 1 aromatic heterocycles. The molecule has 0 saturated heterocycles. The lowest BCUT2D eigenvalue weighted by Crippen LogP contribution is -1.94. The topological polar surface area (TPSA) is 81.3 Å². The molecule has 6 heteroatoms. The third-order valence-corrected chi connectivity index (χ3v) is 2.39. The molecule has 5 nitrogen and oxygen atoms in total. The molecule has 3 N–H and O–H groups in total. The van der Waals surface area contributed by atoms with Crippen LogP contribution in [0.2, 0.25) is 0 Å². The molecule has 0 unspecified atom stereocenters. The van der Waals surface area contributed by atoms with Gasteiger partial charge in [0, 0.05) is 0 Å². The Bertz CT molecular complexity index is 441. The molecular formula is C9H9N3O2S. The molecule has 0 bridgehead atoms. The SMILES string of the molecule is Nc1nnc(OCc2ccc(O)cc2)s1. The summed E-state index contributed by atoms with van der Waals surface area (Å²) < 4.78 is 5.34. The molecule has 0 saturated carbocycles. The third kappa shape index (κ3) is 2.57. The van der Waals surface area contributed by atoms with Crippen molar-refractivity contribution in [3.8, 4) is 10.9 Å². The number of nitrogens with two attached hydrogens (primary N) is 1. The smallest absolute Gasteiger partial charge is 0.296 e. The molecule has 0 aliphatic heterocycles. The van der Waals surface area contributed by atoms with Crippen LogP contribution in [0.15, 0.2) is 24.3 Å². The van der Waals surface area contributed by atoms with Crippen molar-refractivity contribution in [3.05, 3.63) is 29.8 Å². The molecule has 78 valence electrons. The lowest BCUT2D eigenvalue weighted by Gasteiger charge is -2.01. The average Bonchev–Trinajstić information content (AvgIpc) is 2.64.